The van der Waals surface area contributed by atoms with Crippen LogP contribution in [0, 0.1) is 11.8 Å². The molecule has 2 aliphatic heterocycles. The highest BCUT2D eigenvalue weighted by Gasteiger charge is 2.28. The molecule has 24 heavy (non-hydrogen) atoms. The van der Waals surface area contributed by atoms with Crippen LogP contribution in [0.15, 0.2) is 4.99 Å². The second kappa shape index (κ2) is 9.25. The van der Waals surface area contributed by atoms with Crippen LogP contribution in [-0.2, 0) is 4.79 Å². The SMILES string of the molecule is CN=C(NCC(C)CN1CCCC1)NC1CCN(C(=O)C(C)C)C1. The normalized spacial score (nSPS) is 23.8. The van der Waals surface area contributed by atoms with E-state index in [4.69, 9.17) is 0 Å². The minimum atomic E-state index is 0.0765. The third-order valence-corrected chi connectivity index (χ3v) is 4.94. The van der Waals surface area contributed by atoms with E-state index in [2.05, 4.69) is 27.4 Å². The summed E-state index contributed by atoms with van der Waals surface area (Å²) < 4.78 is 0. The molecule has 2 rings (SSSR count). The molecule has 2 atom stereocenters. The first kappa shape index (κ1) is 19.0. The summed E-state index contributed by atoms with van der Waals surface area (Å²) in [5.41, 5.74) is 0. The van der Waals surface area contributed by atoms with Gasteiger partial charge in [0.2, 0.25) is 5.91 Å². The van der Waals surface area contributed by atoms with E-state index >= 15 is 0 Å². The molecule has 0 spiro atoms. The fourth-order valence-electron chi connectivity index (χ4n) is 3.57. The Balaban J connectivity index is 1.69. The molecule has 2 heterocycles. The van der Waals surface area contributed by atoms with Gasteiger partial charge in [0.15, 0.2) is 5.96 Å². The Labute approximate surface area is 147 Å². The molecular weight excluding hydrogens is 302 g/mol. The van der Waals surface area contributed by atoms with E-state index in [1.165, 1.54) is 25.9 Å². The summed E-state index contributed by atoms with van der Waals surface area (Å²) in [7, 11) is 1.81. The molecule has 0 aromatic rings. The van der Waals surface area contributed by atoms with Gasteiger partial charge in [-0.2, -0.15) is 0 Å². The smallest absolute Gasteiger partial charge is 0.225 e. The van der Waals surface area contributed by atoms with Gasteiger partial charge in [-0.15, -0.1) is 0 Å². The number of hydrogen-bond acceptors (Lipinski definition) is 3. The van der Waals surface area contributed by atoms with Crippen LogP contribution in [0.2, 0.25) is 0 Å². The Morgan fingerprint density at radius 3 is 2.54 bits per heavy atom. The Bertz CT molecular complexity index is 431. The fourth-order valence-corrected chi connectivity index (χ4v) is 3.57. The molecule has 1 amide bonds. The number of aliphatic imine (C=N–C) groups is 1. The highest BCUT2D eigenvalue weighted by atomic mass is 16.2. The molecule has 0 aromatic heterocycles. The van der Waals surface area contributed by atoms with Crippen molar-refractivity contribution >= 4 is 11.9 Å². The molecule has 138 valence electrons. The van der Waals surface area contributed by atoms with Gasteiger partial charge in [0.1, 0.15) is 0 Å². The van der Waals surface area contributed by atoms with E-state index in [0.717, 1.165) is 38.6 Å². The van der Waals surface area contributed by atoms with Crippen molar-refractivity contribution in [3.05, 3.63) is 0 Å². The number of nitrogens with one attached hydrogen (secondary N) is 2. The average Bonchev–Trinajstić information content (AvgIpc) is 3.22. The van der Waals surface area contributed by atoms with Crippen molar-refractivity contribution in [2.75, 3.05) is 46.3 Å². The summed E-state index contributed by atoms with van der Waals surface area (Å²) >= 11 is 0. The number of nitrogens with zero attached hydrogens (tertiary/aromatic N) is 3. The minimum Gasteiger partial charge on any atom is -0.356 e. The molecule has 2 unspecified atom stereocenters. The number of carbonyl (C=O) groups excluding carboxylic acids is 1. The van der Waals surface area contributed by atoms with Crippen LogP contribution < -0.4 is 10.6 Å². The van der Waals surface area contributed by atoms with Crippen LogP contribution >= 0.6 is 0 Å². The minimum absolute atomic E-state index is 0.0765. The van der Waals surface area contributed by atoms with E-state index < -0.39 is 0 Å². The van der Waals surface area contributed by atoms with E-state index in [1.54, 1.807) is 0 Å². The first-order valence-corrected chi connectivity index (χ1v) is 9.48. The molecule has 0 saturated carbocycles. The highest BCUT2D eigenvalue weighted by molar-refractivity contribution is 5.81. The lowest BCUT2D eigenvalue weighted by molar-refractivity contribution is -0.133. The zero-order valence-corrected chi connectivity index (χ0v) is 15.8. The lowest BCUT2D eigenvalue weighted by atomic mass is 10.1. The lowest BCUT2D eigenvalue weighted by Gasteiger charge is -2.23. The summed E-state index contributed by atoms with van der Waals surface area (Å²) in [6.07, 6.45) is 3.68. The van der Waals surface area contributed by atoms with Gasteiger partial charge in [-0.25, -0.2) is 0 Å². The van der Waals surface area contributed by atoms with Crippen molar-refractivity contribution in [3.63, 3.8) is 0 Å². The summed E-state index contributed by atoms with van der Waals surface area (Å²) in [6.45, 7) is 12.4. The van der Waals surface area contributed by atoms with Gasteiger partial charge in [-0.05, 0) is 38.3 Å². The van der Waals surface area contributed by atoms with E-state index in [9.17, 15) is 4.79 Å². The quantitative estimate of drug-likeness (QED) is 0.564. The maximum atomic E-state index is 12.1. The Morgan fingerprint density at radius 1 is 1.21 bits per heavy atom. The first-order valence-electron chi connectivity index (χ1n) is 9.48. The van der Waals surface area contributed by atoms with Crippen molar-refractivity contribution in [1.82, 2.24) is 20.4 Å². The lowest BCUT2D eigenvalue weighted by Crippen LogP contribution is -2.47. The molecule has 0 aliphatic carbocycles. The van der Waals surface area contributed by atoms with Crippen LogP contribution in [0.25, 0.3) is 0 Å². The molecule has 6 nitrogen and oxygen atoms in total. The first-order chi connectivity index (χ1) is 11.5. The molecule has 6 heteroatoms. The van der Waals surface area contributed by atoms with Gasteiger partial charge in [0, 0.05) is 45.2 Å². The number of amides is 1. The number of hydrogen-bond donors (Lipinski definition) is 2. The molecular formula is C18H35N5O. The molecule has 2 N–H and O–H groups in total. The monoisotopic (exact) mass is 337 g/mol. The van der Waals surface area contributed by atoms with Gasteiger partial charge in [-0.3, -0.25) is 9.79 Å². The number of carbonyl (C=O) groups is 1. The largest absolute Gasteiger partial charge is 0.356 e. The van der Waals surface area contributed by atoms with Gasteiger partial charge >= 0.3 is 0 Å². The maximum Gasteiger partial charge on any atom is 0.225 e. The Kier molecular flexibility index (Phi) is 7.34. The Morgan fingerprint density at radius 2 is 1.92 bits per heavy atom. The topological polar surface area (TPSA) is 60.0 Å². The fraction of sp³-hybridized carbons (Fsp3) is 0.889. The second-order valence-corrected chi connectivity index (χ2v) is 7.63. The standard InChI is InChI=1S/C18H35N5O/c1-14(2)17(24)23-10-7-16(13-23)21-18(19-4)20-11-15(3)12-22-8-5-6-9-22/h14-16H,5-13H2,1-4H3,(H2,19,20,21). The van der Waals surface area contributed by atoms with Crippen LogP contribution in [0.1, 0.15) is 40.0 Å². The van der Waals surface area contributed by atoms with Crippen molar-refractivity contribution in [2.24, 2.45) is 16.8 Å². The number of rotatable bonds is 6. The number of guanidine groups is 1. The van der Waals surface area contributed by atoms with Crippen molar-refractivity contribution in [1.29, 1.82) is 0 Å². The van der Waals surface area contributed by atoms with Crippen LogP contribution in [0.4, 0.5) is 0 Å². The van der Waals surface area contributed by atoms with E-state index in [0.29, 0.717) is 12.0 Å². The summed E-state index contributed by atoms with van der Waals surface area (Å²) in [4.78, 5) is 20.9. The van der Waals surface area contributed by atoms with Crippen LogP contribution in [-0.4, -0.2) is 74.0 Å². The molecule has 2 saturated heterocycles. The van der Waals surface area contributed by atoms with Crippen molar-refractivity contribution < 1.29 is 4.79 Å². The zero-order valence-electron chi connectivity index (χ0n) is 15.8. The maximum absolute atomic E-state index is 12.1. The molecule has 0 aromatic carbocycles. The molecule has 2 aliphatic rings. The summed E-state index contributed by atoms with van der Waals surface area (Å²) in [5.74, 6) is 1.78. The third kappa shape index (κ3) is 5.65. The highest BCUT2D eigenvalue weighted by Crippen LogP contribution is 2.13. The summed E-state index contributed by atoms with van der Waals surface area (Å²) in [5, 5.41) is 6.92. The van der Waals surface area contributed by atoms with Crippen LogP contribution in [0.3, 0.4) is 0 Å². The Hall–Kier alpha value is -1.30. The molecule has 2 fully saturated rings. The predicted molar refractivity (Wildman–Crippen MR) is 99.2 cm³/mol. The number of likely N-dealkylation sites (tertiary alicyclic amines) is 2. The van der Waals surface area contributed by atoms with E-state index in [-0.39, 0.29) is 11.8 Å². The van der Waals surface area contributed by atoms with Gasteiger partial charge < -0.3 is 20.4 Å². The van der Waals surface area contributed by atoms with Gasteiger partial charge in [-0.1, -0.05) is 20.8 Å². The van der Waals surface area contributed by atoms with Crippen LogP contribution in [0.5, 0.6) is 0 Å². The zero-order chi connectivity index (χ0) is 17.5. The molecule has 0 radical (unpaired) electrons. The van der Waals surface area contributed by atoms with Crippen molar-refractivity contribution in [3.8, 4) is 0 Å². The predicted octanol–water partition coefficient (Wildman–Crippen LogP) is 1.14. The summed E-state index contributed by atoms with van der Waals surface area (Å²) in [6, 6.07) is 0.299. The van der Waals surface area contributed by atoms with Crippen molar-refractivity contribution in [2.45, 2.75) is 46.1 Å². The van der Waals surface area contributed by atoms with Gasteiger partial charge in [0.05, 0.1) is 0 Å². The average molecular weight is 338 g/mol. The van der Waals surface area contributed by atoms with E-state index in [1.807, 2.05) is 25.8 Å². The molecule has 0 bridgehead atoms. The van der Waals surface area contributed by atoms with Gasteiger partial charge in [0.25, 0.3) is 0 Å². The third-order valence-electron chi connectivity index (χ3n) is 4.94. The second-order valence-electron chi connectivity index (χ2n) is 7.63.